The van der Waals surface area contributed by atoms with E-state index in [0.717, 1.165) is 23.1 Å². The molecule has 11 heteroatoms. The van der Waals surface area contributed by atoms with Gasteiger partial charge in [0.25, 0.3) is 0 Å². The van der Waals surface area contributed by atoms with Crippen molar-refractivity contribution in [2.24, 2.45) is 5.41 Å². The smallest absolute Gasteiger partial charge is 0.249 e. The van der Waals surface area contributed by atoms with Crippen molar-refractivity contribution in [1.82, 2.24) is 10.6 Å². The highest BCUT2D eigenvalue weighted by Crippen LogP contribution is 2.34. The van der Waals surface area contributed by atoms with Crippen LogP contribution in [0.25, 0.3) is 0 Å². The SMILES string of the molecule is CCSC(=O)C(NC(=O)CCNC(=O)C1OC(C)(C)OCC1(C)C)C(O)CC(C)OCc1ccc(OC)cc1. The number of hydrogen-bond donors (Lipinski definition) is 3. The number of rotatable bonds is 14. The Morgan fingerprint density at radius 1 is 1.18 bits per heavy atom. The van der Waals surface area contributed by atoms with E-state index in [2.05, 4.69) is 10.6 Å². The zero-order valence-corrected chi connectivity index (χ0v) is 24.9. The van der Waals surface area contributed by atoms with Gasteiger partial charge in [-0.1, -0.05) is 44.7 Å². The molecule has 0 saturated carbocycles. The van der Waals surface area contributed by atoms with Gasteiger partial charge >= 0.3 is 0 Å². The van der Waals surface area contributed by atoms with Crippen LogP contribution in [0.3, 0.4) is 0 Å². The van der Waals surface area contributed by atoms with Gasteiger partial charge in [-0.15, -0.1) is 0 Å². The number of ether oxygens (including phenoxy) is 4. The van der Waals surface area contributed by atoms with Gasteiger partial charge in [-0.25, -0.2) is 0 Å². The Morgan fingerprint density at radius 2 is 1.85 bits per heavy atom. The molecule has 0 radical (unpaired) electrons. The minimum atomic E-state index is -1.14. The van der Waals surface area contributed by atoms with Crippen molar-refractivity contribution in [3.05, 3.63) is 29.8 Å². The average Bonchev–Trinajstić information content (AvgIpc) is 2.87. The van der Waals surface area contributed by atoms with Gasteiger partial charge in [0.2, 0.25) is 16.9 Å². The summed E-state index contributed by atoms with van der Waals surface area (Å²) >= 11 is 1.03. The van der Waals surface area contributed by atoms with Crippen molar-refractivity contribution >= 4 is 28.7 Å². The van der Waals surface area contributed by atoms with Crippen LogP contribution >= 0.6 is 11.8 Å². The Balaban J connectivity index is 1.87. The minimum Gasteiger partial charge on any atom is -0.497 e. The summed E-state index contributed by atoms with van der Waals surface area (Å²) in [7, 11) is 1.60. The number of nitrogens with one attached hydrogen (secondary N) is 2. The van der Waals surface area contributed by atoms with E-state index in [9.17, 15) is 19.5 Å². The molecule has 1 aliphatic heterocycles. The molecule has 0 aliphatic carbocycles. The van der Waals surface area contributed by atoms with E-state index >= 15 is 0 Å². The molecular weight excluding hydrogens is 524 g/mol. The van der Waals surface area contributed by atoms with E-state index in [1.165, 1.54) is 0 Å². The highest BCUT2D eigenvalue weighted by atomic mass is 32.2. The molecule has 39 heavy (non-hydrogen) atoms. The molecule has 1 heterocycles. The predicted octanol–water partition coefficient (Wildman–Crippen LogP) is 2.80. The zero-order valence-electron chi connectivity index (χ0n) is 24.1. The molecular formula is C28H44N2O8S. The molecule has 220 valence electrons. The van der Waals surface area contributed by atoms with Crippen molar-refractivity contribution in [3.63, 3.8) is 0 Å². The van der Waals surface area contributed by atoms with E-state index in [0.29, 0.717) is 19.0 Å². The molecule has 0 spiro atoms. The number of aliphatic hydroxyl groups is 1. The third-order valence-corrected chi connectivity index (χ3v) is 7.13. The standard InChI is InChI=1S/C28H44N2O8S/c1-8-39-26(34)23(21(31)15-18(2)36-16-19-9-11-20(35-7)12-10-19)30-22(32)13-14-29-25(33)24-27(3,4)17-37-28(5,6)38-24/h9-12,18,21,23-24,31H,8,13-17H2,1-7H3,(H,29,33)(H,30,32). The first kappa shape index (κ1) is 33.0. The lowest BCUT2D eigenvalue weighted by atomic mass is 9.85. The quantitative estimate of drug-likeness (QED) is 0.310. The van der Waals surface area contributed by atoms with Crippen LogP contribution in [0, 0.1) is 5.41 Å². The Morgan fingerprint density at radius 3 is 2.46 bits per heavy atom. The van der Waals surface area contributed by atoms with Gasteiger partial charge in [0.1, 0.15) is 17.9 Å². The number of thioether (sulfide) groups is 1. The maximum Gasteiger partial charge on any atom is 0.249 e. The van der Waals surface area contributed by atoms with Crippen LogP contribution < -0.4 is 15.4 Å². The van der Waals surface area contributed by atoms with Crippen LogP contribution in [0.15, 0.2) is 24.3 Å². The van der Waals surface area contributed by atoms with Crippen LogP contribution in [0.1, 0.15) is 59.9 Å². The molecule has 4 atom stereocenters. The second-order valence-corrected chi connectivity index (χ2v) is 12.1. The molecule has 0 bridgehead atoms. The van der Waals surface area contributed by atoms with Crippen LogP contribution in [0.5, 0.6) is 5.75 Å². The number of aliphatic hydroxyl groups excluding tert-OH is 1. The lowest BCUT2D eigenvalue weighted by Gasteiger charge is -2.44. The summed E-state index contributed by atoms with van der Waals surface area (Å²) < 4.78 is 22.5. The monoisotopic (exact) mass is 568 g/mol. The van der Waals surface area contributed by atoms with Crippen molar-refractivity contribution in [2.45, 2.75) is 91.1 Å². The number of hydrogen-bond acceptors (Lipinski definition) is 9. The summed E-state index contributed by atoms with van der Waals surface area (Å²) in [4.78, 5) is 38.2. The molecule has 1 saturated heterocycles. The first-order valence-corrected chi connectivity index (χ1v) is 14.2. The second kappa shape index (κ2) is 15.0. The average molecular weight is 569 g/mol. The van der Waals surface area contributed by atoms with E-state index in [4.69, 9.17) is 18.9 Å². The zero-order chi connectivity index (χ0) is 29.2. The summed E-state index contributed by atoms with van der Waals surface area (Å²) in [6, 6.07) is 6.36. The minimum absolute atomic E-state index is 0.0567. The summed E-state index contributed by atoms with van der Waals surface area (Å²) in [5, 5.41) is 15.9. The molecule has 1 aromatic carbocycles. The molecule has 0 aromatic heterocycles. The molecule has 4 unspecified atom stereocenters. The van der Waals surface area contributed by atoms with Crippen LogP contribution in [-0.2, 0) is 35.2 Å². The first-order valence-electron chi connectivity index (χ1n) is 13.3. The molecule has 1 fully saturated rings. The third kappa shape index (κ3) is 10.7. The maximum atomic E-state index is 12.8. The number of carbonyl (C=O) groups excluding carboxylic acids is 3. The maximum absolute atomic E-state index is 12.8. The third-order valence-electron chi connectivity index (χ3n) is 6.30. The topological polar surface area (TPSA) is 132 Å². The highest BCUT2D eigenvalue weighted by Gasteiger charge is 2.45. The summed E-state index contributed by atoms with van der Waals surface area (Å²) in [6.45, 7) is 11.6. The number of benzene rings is 1. The predicted molar refractivity (Wildman–Crippen MR) is 149 cm³/mol. The Labute approximate surface area is 235 Å². The van der Waals surface area contributed by atoms with Gasteiger partial charge in [-0.3, -0.25) is 14.4 Å². The Kier molecular flexibility index (Phi) is 12.7. The van der Waals surface area contributed by atoms with Crippen LogP contribution in [-0.4, -0.2) is 78.2 Å². The molecule has 1 aliphatic rings. The van der Waals surface area contributed by atoms with Gasteiger partial charge < -0.3 is 34.7 Å². The molecule has 2 amide bonds. The Hall–Kier alpha value is -2.18. The highest BCUT2D eigenvalue weighted by molar-refractivity contribution is 8.13. The fourth-order valence-electron chi connectivity index (χ4n) is 4.01. The van der Waals surface area contributed by atoms with Gasteiger partial charge in [-0.05, 0) is 44.2 Å². The summed E-state index contributed by atoms with van der Waals surface area (Å²) in [6.07, 6.45) is -2.15. The van der Waals surface area contributed by atoms with Gasteiger partial charge in [0.15, 0.2) is 5.79 Å². The lowest BCUT2D eigenvalue weighted by molar-refractivity contribution is -0.304. The number of amides is 2. The van der Waals surface area contributed by atoms with Crippen molar-refractivity contribution in [3.8, 4) is 5.75 Å². The molecule has 2 rings (SSSR count). The van der Waals surface area contributed by atoms with E-state index in [1.54, 1.807) is 27.9 Å². The molecule has 10 nitrogen and oxygen atoms in total. The first-order chi connectivity index (χ1) is 18.3. The number of carbonyl (C=O) groups is 3. The van der Waals surface area contributed by atoms with Gasteiger partial charge in [-0.2, -0.15) is 0 Å². The molecule has 1 aromatic rings. The lowest BCUT2D eigenvalue weighted by Crippen LogP contribution is -2.56. The fourth-order valence-corrected chi connectivity index (χ4v) is 4.69. The summed E-state index contributed by atoms with van der Waals surface area (Å²) in [5.41, 5.74) is 0.410. The van der Waals surface area contributed by atoms with Crippen molar-refractivity contribution in [2.75, 3.05) is 26.0 Å². The van der Waals surface area contributed by atoms with E-state index in [1.807, 2.05) is 45.0 Å². The second-order valence-electron chi connectivity index (χ2n) is 10.8. The largest absolute Gasteiger partial charge is 0.497 e. The Bertz CT molecular complexity index is 953. The van der Waals surface area contributed by atoms with E-state index in [-0.39, 0.29) is 36.5 Å². The van der Waals surface area contributed by atoms with Gasteiger partial charge in [0, 0.05) is 24.8 Å². The van der Waals surface area contributed by atoms with Crippen LogP contribution in [0.2, 0.25) is 0 Å². The fraction of sp³-hybridized carbons (Fsp3) is 0.679. The number of methoxy groups -OCH3 is 1. The van der Waals surface area contributed by atoms with E-state index < -0.39 is 35.4 Å². The normalized spacial score (nSPS) is 20.4. The van der Waals surface area contributed by atoms with Crippen LogP contribution in [0.4, 0.5) is 0 Å². The van der Waals surface area contributed by atoms with Crippen molar-refractivity contribution in [1.29, 1.82) is 0 Å². The molecule has 3 N–H and O–H groups in total. The van der Waals surface area contributed by atoms with Gasteiger partial charge in [0.05, 0.1) is 32.5 Å². The van der Waals surface area contributed by atoms with Crippen molar-refractivity contribution < 1.29 is 38.4 Å². The summed E-state index contributed by atoms with van der Waals surface area (Å²) in [5.74, 6) is -0.415.